The van der Waals surface area contributed by atoms with E-state index in [-0.39, 0.29) is 5.31 Å². The Morgan fingerprint density at radius 2 is 2.00 bits per heavy atom. The third-order valence-corrected chi connectivity index (χ3v) is 1.45. The maximum Gasteiger partial charge on any atom is 0.0437 e. The fourth-order valence-corrected chi connectivity index (χ4v) is 0.831. The minimum atomic E-state index is -0.279. The molecule has 0 saturated carbocycles. The van der Waals surface area contributed by atoms with Gasteiger partial charge in [-0.05, 0) is 5.56 Å². The first-order chi connectivity index (χ1) is 4.30. The van der Waals surface area contributed by atoms with Crippen molar-refractivity contribution in [2.75, 3.05) is 0 Å². The molecular weight excluding hydrogens is 164 g/mol. The lowest BCUT2D eigenvalue weighted by atomic mass is 10.2. The number of halogens is 1. The molecule has 42 valence electrons. The Balaban J connectivity index is 2.85. The molecule has 0 spiro atoms. The molecular formula is C7H7Br. The van der Waals surface area contributed by atoms with Crippen LogP contribution in [0.4, 0.5) is 0 Å². The third-order valence-electron chi connectivity index (χ3n) is 0.926. The highest BCUT2D eigenvalue weighted by Gasteiger charge is 1.81. The molecule has 0 N–H and O–H groups in total. The first kappa shape index (κ1) is 4.57. The summed E-state index contributed by atoms with van der Waals surface area (Å²) >= 11 is 3.15. The fourth-order valence-electron chi connectivity index (χ4n) is 0.526. The van der Waals surface area contributed by atoms with Gasteiger partial charge in [0.15, 0.2) is 0 Å². The molecule has 1 atom stereocenters. The normalized spacial score (nSPS) is 14.9. The van der Waals surface area contributed by atoms with Crippen LogP contribution >= 0.6 is 15.9 Å². The second-order valence-electron chi connectivity index (χ2n) is 1.52. The van der Waals surface area contributed by atoms with Crippen LogP contribution in [0.5, 0.6) is 0 Å². The van der Waals surface area contributed by atoms with E-state index in [0.717, 1.165) is 5.56 Å². The molecule has 1 heteroatoms. The summed E-state index contributed by atoms with van der Waals surface area (Å²) in [4.78, 5) is 0. The van der Waals surface area contributed by atoms with E-state index < -0.39 is 0 Å². The molecule has 1 rings (SSSR count). The maximum atomic E-state index is 7.24. The van der Waals surface area contributed by atoms with Gasteiger partial charge in [-0.15, -0.1) is 0 Å². The summed E-state index contributed by atoms with van der Waals surface area (Å²) in [5.41, 5.74) is 0.998. The zero-order chi connectivity index (χ0) is 6.69. The quantitative estimate of drug-likeness (QED) is 0.571. The Morgan fingerprint density at radius 1 is 1.38 bits per heavy atom. The molecule has 0 aliphatic rings. The van der Waals surface area contributed by atoms with Gasteiger partial charge in [-0.3, -0.25) is 0 Å². The summed E-state index contributed by atoms with van der Waals surface area (Å²) in [5, 5.41) is -0.279. The molecule has 0 fully saturated rings. The Labute approximate surface area is 59.1 Å². The molecule has 0 unspecified atom stereocenters. The average molecular weight is 172 g/mol. The van der Waals surface area contributed by atoms with Crippen LogP contribution in [0, 0.1) is 0 Å². The van der Waals surface area contributed by atoms with E-state index in [9.17, 15) is 0 Å². The first-order valence-corrected chi connectivity index (χ1v) is 3.33. The van der Waals surface area contributed by atoms with Crippen LogP contribution in [0.15, 0.2) is 30.3 Å². The molecule has 1 aromatic rings. The smallest absolute Gasteiger partial charge is 0.0437 e. The van der Waals surface area contributed by atoms with Crippen LogP contribution in [0.3, 0.4) is 0 Å². The number of alkyl halides is 1. The van der Waals surface area contributed by atoms with Crippen LogP contribution < -0.4 is 0 Å². The van der Waals surface area contributed by atoms with Crippen LogP contribution in [-0.4, -0.2) is 0 Å². The molecule has 0 bridgehead atoms. The average Bonchev–Trinajstić information content (AvgIpc) is 1.90. The largest absolute Gasteiger partial charge is 0.0876 e. The molecule has 0 radical (unpaired) electrons. The highest BCUT2D eigenvalue weighted by molar-refractivity contribution is 9.08. The Bertz CT molecular complexity index is 172. The van der Waals surface area contributed by atoms with E-state index >= 15 is 0 Å². The van der Waals surface area contributed by atoms with Crippen LogP contribution in [0.1, 0.15) is 6.93 Å². The zero-order valence-corrected chi connectivity index (χ0v) is 5.93. The van der Waals surface area contributed by atoms with Gasteiger partial charge in [-0.1, -0.05) is 46.3 Å². The van der Waals surface area contributed by atoms with Crippen molar-refractivity contribution in [3.05, 3.63) is 35.9 Å². The van der Waals surface area contributed by atoms with Crippen molar-refractivity contribution < 1.29 is 1.37 Å². The molecule has 8 heavy (non-hydrogen) atoms. The van der Waals surface area contributed by atoms with E-state index in [1.807, 2.05) is 30.3 Å². The fraction of sp³-hybridized carbons (Fsp3) is 0.143. The van der Waals surface area contributed by atoms with Crippen LogP contribution in [0.25, 0.3) is 0 Å². The molecule has 0 nitrogen and oxygen atoms in total. The van der Waals surface area contributed by atoms with Gasteiger partial charge in [0.25, 0.3) is 0 Å². The van der Waals surface area contributed by atoms with Gasteiger partial charge < -0.3 is 0 Å². The number of hydrogen-bond acceptors (Lipinski definition) is 0. The Hall–Kier alpha value is -0.300. The Kier molecular flexibility index (Phi) is 1.64. The predicted molar refractivity (Wildman–Crippen MR) is 39.1 cm³/mol. The van der Waals surface area contributed by atoms with Crippen molar-refractivity contribution in [3.8, 4) is 0 Å². The molecule has 0 aliphatic heterocycles. The van der Waals surface area contributed by atoms with Gasteiger partial charge >= 0.3 is 0 Å². The number of benzene rings is 1. The van der Waals surface area contributed by atoms with Crippen molar-refractivity contribution >= 4 is 15.9 Å². The van der Waals surface area contributed by atoms with E-state index in [1.54, 1.807) is 0 Å². The zero-order valence-electron chi connectivity index (χ0n) is 5.34. The monoisotopic (exact) mass is 171 g/mol. The van der Waals surface area contributed by atoms with Gasteiger partial charge in [0, 0.05) is 6.68 Å². The minimum Gasteiger partial charge on any atom is -0.0876 e. The molecule has 0 heterocycles. The van der Waals surface area contributed by atoms with Gasteiger partial charge in [0.05, 0.1) is 0 Å². The maximum absolute atomic E-state index is 7.24. The van der Waals surface area contributed by atoms with Gasteiger partial charge in [0.1, 0.15) is 0 Å². The SMILES string of the molecule is [2H][C@H](Br)c1ccccc1. The highest BCUT2D eigenvalue weighted by Crippen LogP contribution is 2.02. The van der Waals surface area contributed by atoms with E-state index in [2.05, 4.69) is 15.9 Å². The van der Waals surface area contributed by atoms with E-state index in [4.69, 9.17) is 1.37 Å². The predicted octanol–water partition coefficient (Wildman–Crippen LogP) is 2.58. The van der Waals surface area contributed by atoms with Crippen molar-refractivity contribution in [2.45, 2.75) is 5.31 Å². The van der Waals surface area contributed by atoms with Gasteiger partial charge in [0.2, 0.25) is 0 Å². The van der Waals surface area contributed by atoms with Crippen LogP contribution in [-0.2, 0) is 5.31 Å². The Morgan fingerprint density at radius 3 is 2.38 bits per heavy atom. The van der Waals surface area contributed by atoms with Crippen molar-refractivity contribution in [2.24, 2.45) is 0 Å². The third kappa shape index (κ3) is 1.34. The van der Waals surface area contributed by atoms with E-state index in [1.165, 1.54) is 0 Å². The second kappa shape index (κ2) is 2.88. The van der Waals surface area contributed by atoms with Crippen molar-refractivity contribution in [1.82, 2.24) is 0 Å². The summed E-state index contributed by atoms with van der Waals surface area (Å²) < 4.78 is 7.24. The summed E-state index contributed by atoms with van der Waals surface area (Å²) in [6.45, 7) is 0. The highest BCUT2D eigenvalue weighted by atomic mass is 79.9. The van der Waals surface area contributed by atoms with Crippen LogP contribution in [0.2, 0.25) is 0 Å². The summed E-state index contributed by atoms with van der Waals surface area (Å²) in [6, 6.07) is 9.65. The topological polar surface area (TPSA) is 0 Å². The second-order valence-corrected chi connectivity index (χ2v) is 1.98. The lowest BCUT2D eigenvalue weighted by Crippen LogP contribution is -1.70. The molecule has 0 saturated heterocycles. The molecule has 0 aliphatic carbocycles. The molecule has 0 amide bonds. The van der Waals surface area contributed by atoms with Crippen molar-refractivity contribution in [1.29, 1.82) is 0 Å². The molecule has 0 aromatic heterocycles. The first-order valence-electron chi connectivity index (χ1n) is 2.99. The van der Waals surface area contributed by atoms with E-state index in [0.29, 0.717) is 0 Å². The van der Waals surface area contributed by atoms with Crippen molar-refractivity contribution in [3.63, 3.8) is 0 Å². The standard InChI is InChI=1S/C7H7Br/c8-6-7-4-2-1-3-5-7/h1-5H,6H2/i6D/t6-/m0/s1. The van der Waals surface area contributed by atoms with Gasteiger partial charge in [-0.2, -0.15) is 0 Å². The van der Waals surface area contributed by atoms with Gasteiger partial charge in [-0.25, -0.2) is 0 Å². The summed E-state index contributed by atoms with van der Waals surface area (Å²) in [6.07, 6.45) is 0. The minimum absolute atomic E-state index is 0.279. The summed E-state index contributed by atoms with van der Waals surface area (Å²) in [5.74, 6) is 0. The summed E-state index contributed by atoms with van der Waals surface area (Å²) in [7, 11) is 0. The lowest BCUT2D eigenvalue weighted by molar-refractivity contribution is 1.44. The number of rotatable bonds is 1. The molecule has 1 aromatic carbocycles. The number of hydrogen-bond donors (Lipinski definition) is 0. The lowest BCUT2D eigenvalue weighted by Gasteiger charge is -1.88.